The van der Waals surface area contributed by atoms with Crippen molar-refractivity contribution in [1.29, 1.82) is 0 Å². The van der Waals surface area contributed by atoms with Crippen LogP contribution in [0.25, 0.3) is 10.8 Å². The van der Waals surface area contributed by atoms with Crippen LogP contribution in [0.2, 0.25) is 0 Å². The number of nitrogens with zero attached hydrogens (tertiary/aromatic N) is 3. The Balaban J connectivity index is 1.73. The average molecular weight is 373 g/mol. The third-order valence-electron chi connectivity index (χ3n) is 4.89. The number of fused-ring (bicyclic) bond motifs is 1. The quantitative estimate of drug-likeness (QED) is 0.663. The van der Waals surface area contributed by atoms with Crippen LogP contribution in [0.3, 0.4) is 0 Å². The Kier molecular flexibility index (Phi) is 4.37. The molecule has 3 aromatic rings. The SMILES string of the molecule is Cn1nc(C(F)F)c(C(=O)N(Cc2cccc3ccccc23)C2CC2)c1F. The van der Waals surface area contributed by atoms with Crippen molar-refractivity contribution >= 4 is 16.7 Å². The Morgan fingerprint density at radius 2 is 1.93 bits per heavy atom. The van der Waals surface area contributed by atoms with Crippen LogP contribution < -0.4 is 0 Å². The fourth-order valence-electron chi connectivity index (χ4n) is 3.38. The van der Waals surface area contributed by atoms with E-state index in [9.17, 15) is 18.0 Å². The molecule has 0 aliphatic heterocycles. The summed E-state index contributed by atoms with van der Waals surface area (Å²) in [5.74, 6) is -1.76. The highest BCUT2D eigenvalue weighted by atomic mass is 19.3. The fraction of sp³-hybridized carbons (Fsp3) is 0.300. The molecule has 4 nitrogen and oxygen atoms in total. The van der Waals surface area contributed by atoms with Crippen LogP contribution in [0.5, 0.6) is 0 Å². The molecule has 0 N–H and O–H groups in total. The molecule has 1 aliphatic rings. The zero-order valence-corrected chi connectivity index (χ0v) is 14.7. The largest absolute Gasteiger partial charge is 0.331 e. The summed E-state index contributed by atoms with van der Waals surface area (Å²) in [6.07, 6.45) is -1.46. The fourth-order valence-corrected chi connectivity index (χ4v) is 3.38. The Hall–Kier alpha value is -2.83. The number of rotatable bonds is 5. The van der Waals surface area contributed by atoms with Gasteiger partial charge in [-0.1, -0.05) is 42.5 Å². The third kappa shape index (κ3) is 3.18. The topological polar surface area (TPSA) is 38.1 Å². The maximum atomic E-state index is 14.4. The maximum absolute atomic E-state index is 14.4. The molecular formula is C20H18F3N3O. The Morgan fingerprint density at radius 3 is 2.63 bits per heavy atom. The molecule has 0 radical (unpaired) electrons. The van der Waals surface area contributed by atoms with E-state index in [0.29, 0.717) is 4.68 Å². The molecular weight excluding hydrogens is 355 g/mol. The van der Waals surface area contributed by atoms with E-state index in [1.54, 1.807) is 0 Å². The van der Waals surface area contributed by atoms with Crippen molar-refractivity contribution in [3.05, 3.63) is 65.2 Å². The first-order valence-electron chi connectivity index (χ1n) is 8.75. The monoisotopic (exact) mass is 373 g/mol. The van der Waals surface area contributed by atoms with E-state index >= 15 is 0 Å². The predicted octanol–water partition coefficient (Wildman–Crippen LogP) is 4.45. The number of carbonyl (C=O) groups excluding carboxylic acids is 1. The molecule has 27 heavy (non-hydrogen) atoms. The smallest absolute Gasteiger partial charge is 0.283 e. The molecule has 140 valence electrons. The summed E-state index contributed by atoms with van der Waals surface area (Å²) in [5.41, 5.74) is -0.528. The highest BCUT2D eigenvalue weighted by Crippen LogP contribution is 2.33. The van der Waals surface area contributed by atoms with Crippen LogP contribution in [0.15, 0.2) is 42.5 Å². The minimum absolute atomic E-state index is 0.0680. The van der Waals surface area contributed by atoms with Crippen LogP contribution in [0.4, 0.5) is 13.2 Å². The lowest BCUT2D eigenvalue weighted by Gasteiger charge is -2.23. The van der Waals surface area contributed by atoms with Gasteiger partial charge in [-0.3, -0.25) is 4.79 Å². The van der Waals surface area contributed by atoms with Gasteiger partial charge in [0, 0.05) is 19.6 Å². The summed E-state index contributed by atoms with van der Waals surface area (Å²) < 4.78 is 41.6. The molecule has 0 spiro atoms. The number of halogens is 3. The highest BCUT2D eigenvalue weighted by Gasteiger charge is 2.38. The van der Waals surface area contributed by atoms with Crippen LogP contribution in [0.1, 0.15) is 40.9 Å². The van der Waals surface area contributed by atoms with E-state index in [1.165, 1.54) is 11.9 Å². The average Bonchev–Trinajstić information content (AvgIpc) is 3.45. The van der Waals surface area contributed by atoms with Crippen LogP contribution in [0, 0.1) is 5.95 Å². The van der Waals surface area contributed by atoms with Crippen molar-refractivity contribution in [3.63, 3.8) is 0 Å². The summed E-state index contributed by atoms with van der Waals surface area (Å²) in [4.78, 5) is 14.5. The zero-order valence-electron chi connectivity index (χ0n) is 14.7. The molecule has 4 rings (SSSR count). The molecule has 7 heteroatoms. The number of carbonyl (C=O) groups is 1. The summed E-state index contributed by atoms with van der Waals surface area (Å²) in [6.45, 7) is 0.238. The molecule has 0 unspecified atom stereocenters. The number of hydrogen-bond acceptors (Lipinski definition) is 2. The Labute approximate surface area is 154 Å². The normalized spacial score (nSPS) is 14.1. The first-order chi connectivity index (χ1) is 13.0. The van der Waals surface area contributed by atoms with E-state index in [4.69, 9.17) is 0 Å². The van der Waals surface area contributed by atoms with Gasteiger partial charge in [-0.25, -0.2) is 13.5 Å². The van der Waals surface area contributed by atoms with Crippen LogP contribution >= 0.6 is 0 Å². The number of hydrogen-bond donors (Lipinski definition) is 0. The second kappa shape index (κ2) is 6.72. The van der Waals surface area contributed by atoms with Gasteiger partial charge in [-0.15, -0.1) is 0 Å². The van der Waals surface area contributed by atoms with Gasteiger partial charge in [-0.05, 0) is 29.2 Å². The van der Waals surface area contributed by atoms with Crippen molar-refractivity contribution in [1.82, 2.24) is 14.7 Å². The van der Waals surface area contributed by atoms with E-state index in [-0.39, 0.29) is 12.6 Å². The van der Waals surface area contributed by atoms with E-state index in [2.05, 4.69) is 5.10 Å². The molecule has 1 amide bonds. The minimum atomic E-state index is -3.02. The molecule has 0 saturated heterocycles. The zero-order chi connectivity index (χ0) is 19.1. The first kappa shape index (κ1) is 17.6. The Morgan fingerprint density at radius 1 is 1.22 bits per heavy atom. The van der Waals surface area contributed by atoms with Gasteiger partial charge < -0.3 is 4.90 Å². The summed E-state index contributed by atoms with van der Waals surface area (Å²) in [6, 6.07) is 13.5. The van der Waals surface area contributed by atoms with Gasteiger partial charge in [0.2, 0.25) is 5.95 Å². The van der Waals surface area contributed by atoms with E-state index in [1.807, 2.05) is 42.5 Å². The standard InChI is InChI=1S/C20H18F3N3O/c1-25-19(23)16(17(24-25)18(21)22)20(27)26(14-9-10-14)11-13-7-4-6-12-5-2-3-8-15(12)13/h2-8,14,18H,9-11H2,1H3. The van der Waals surface area contributed by atoms with Gasteiger partial charge in [0.25, 0.3) is 12.3 Å². The van der Waals surface area contributed by atoms with Crippen LogP contribution in [-0.4, -0.2) is 26.6 Å². The van der Waals surface area contributed by atoms with Gasteiger partial charge >= 0.3 is 0 Å². The van der Waals surface area contributed by atoms with Gasteiger partial charge in [0.15, 0.2) is 0 Å². The summed E-state index contributed by atoms with van der Waals surface area (Å²) in [5, 5.41) is 5.51. The first-order valence-corrected chi connectivity index (χ1v) is 8.75. The molecule has 1 fully saturated rings. The number of amides is 1. The molecule has 0 bridgehead atoms. The van der Waals surface area contributed by atoms with Crippen molar-refractivity contribution in [2.24, 2.45) is 7.05 Å². The van der Waals surface area contributed by atoms with Crippen molar-refractivity contribution < 1.29 is 18.0 Å². The van der Waals surface area contributed by atoms with E-state index < -0.39 is 29.5 Å². The maximum Gasteiger partial charge on any atom is 0.283 e. The third-order valence-corrected chi connectivity index (χ3v) is 4.89. The minimum Gasteiger partial charge on any atom is -0.331 e. The lowest BCUT2D eigenvalue weighted by atomic mass is 10.0. The summed E-state index contributed by atoms with van der Waals surface area (Å²) in [7, 11) is 1.21. The van der Waals surface area contributed by atoms with Gasteiger partial charge in [0.1, 0.15) is 11.3 Å². The van der Waals surface area contributed by atoms with E-state index in [0.717, 1.165) is 29.2 Å². The molecule has 1 aromatic heterocycles. The van der Waals surface area contributed by atoms with Crippen molar-refractivity contribution in [2.45, 2.75) is 31.9 Å². The lowest BCUT2D eigenvalue weighted by Crippen LogP contribution is -2.33. The van der Waals surface area contributed by atoms with Crippen molar-refractivity contribution in [3.8, 4) is 0 Å². The molecule has 1 aliphatic carbocycles. The molecule has 2 aromatic carbocycles. The molecule has 1 saturated carbocycles. The second-order valence-corrected chi connectivity index (χ2v) is 6.78. The number of aryl methyl sites for hydroxylation is 1. The molecule has 1 heterocycles. The molecule has 0 atom stereocenters. The predicted molar refractivity (Wildman–Crippen MR) is 95.0 cm³/mol. The van der Waals surface area contributed by atoms with Gasteiger partial charge in [-0.2, -0.15) is 9.49 Å². The number of aromatic nitrogens is 2. The lowest BCUT2D eigenvalue weighted by molar-refractivity contribution is 0.0713. The highest BCUT2D eigenvalue weighted by molar-refractivity contribution is 5.96. The van der Waals surface area contributed by atoms with Crippen LogP contribution in [-0.2, 0) is 13.6 Å². The number of benzene rings is 2. The number of alkyl halides is 2. The van der Waals surface area contributed by atoms with Crippen molar-refractivity contribution in [2.75, 3.05) is 0 Å². The van der Waals surface area contributed by atoms with Gasteiger partial charge in [0.05, 0.1) is 0 Å². The Bertz CT molecular complexity index is 1010. The summed E-state index contributed by atoms with van der Waals surface area (Å²) >= 11 is 0. The second-order valence-electron chi connectivity index (χ2n) is 6.78.